The van der Waals surface area contributed by atoms with Gasteiger partial charge in [-0.05, 0) is 36.2 Å². The van der Waals surface area contributed by atoms with Gasteiger partial charge in [-0.1, -0.05) is 72.4 Å². The van der Waals surface area contributed by atoms with Gasteiger partial charge in [-0.25, -0.2) is 18.5 Å². The molecule has 0 aliphatic carbocycles. The summed E-state index contributed by atoms with van der Waals surface area (Å²) < 4.78 is 25.4. The third-order valence-corrected chi connectivity index (χ3v) is 7.54. The maximum Gasteiger partial charge on any atom is 0.238 e. The minimum absolute atomic E-state index is 0.0154. The van der Waals surface area contributed by atoms with E-state index in [0.29, 0.717) is 17.2 Å². The average molecular weight is 495 g/mol. The molecule has 34 heavy (non-hydrogen) atoms. The summed E-state index contributed by atoms with van der Waals surface area (Å²) in [4.78, 5) is 19.6. The van der Waals surface area contributed by atoms with Crippen molar-refractivity contribution in [1.82, 2.24) is 14.5 Å². The Morgan fingerprint density at radius 3 is 2.15 bits per heavy atom. The number of sulfonamides is 1. The molecule has 1 amide bonds. The monoisotopic (exact) mass is 494 g/mol. The number of nitrogens with two attached hydrogens (primary N) is 1. The number of amides is 1. The quantitative estimate of drug-likeness (QED) is 0.373. The molecule has 0 aliphatic rings. The van der Waals surface area contributed by atoms with E-state index in [4.69, 9.17) is 5.14 Å². The summed E-state index contributed by atoms with van der Waals surface area (Å²) in [6, 6.07) is 24.3. The molecule has 1 heterocycles. The normalized spacial score (nSPS) is 11.8. The zero-order chi connectivity index (χ0) is 24.3. The van der Waals surface area contributed by atoms with Crippen molar-refractivity contribution in [3.63, 3.8) is 0 Å². The van der Waals surface area contributed by atoms with E-state index in [9.17, 15) is 13.2 Å². The Morgan fingerprint density at radius 2 is 1.62 bits per heavy atom. The van der Waals surface area contributed by atoms with E-state index in [1.807, 2.05) is 79.2 Å². The van der Waals surface area contributed by atoms with Crippen molar-refractivity contribution in [2.45, 2.75) is 29.6 Å². The fraction of sp³-hybridized carbons (Fsp3) is 0.200. The molecule has 0 radical (unpaired) electrons. The van der Waals surface area contributed by atoms with Gasteiger partial charge in [0.2, 0.25) is 15.9 Å². The van der Waals surface area contributed by atoms with Crippen molar-refractivity contribution in [2.24, 2.45) is 5.14 Å². The maximum atomic E-state index is 13.3. The lowest BCUT2D eigenvalue weighted by Crippen LogP contribution is -2.33. The van der Waals surface area contributed by atoms with Gasteiger partial charge in [0.1, 0.15) is 0 Å². The second-order valence-electron chi connectivity index (χ2n) is 7.85. The molecule has 0 aliphatic heterocycles. The van der Waals surface area contributed by atoms with Crippen LogP contribution < -0.4 is 5.14 Å². The van der Waals surface area contributed by atoms with Crippen LogP contribution in [0, 0.1) is 0 Å². The van der Waals surface area contributed by atoms with Gasteiger partial charge < -0.3 is 9.47 Å². The molecule has 0 unspecified atom stereocenters. The number of nitrogens with zero attached hydrogens (tertiary/aromatic N) is 3. The number of carbonyl (C=O) groups is 1. The second-order valence-corrected chi connectivity index (χ2v) is 10.4. The molecule has 4 aromatic rings. The van der Waals surface area contributed by atoms with Crippen LogP contribution in [0.15, 0.2) is 88.9 Å². The van der Waals surface area contributed by atoms with E-state index in [1.54, 1.807) is 11.0 Å². The predicted octanol–water partition coefficient (Wildman–Crippen LogP) is 4.04. The molecule has 0 spiro atoms. The van der Waals surface area contributed by atoms with Gasteiger partial charge in [0.25, 0.3) is 0 Å². The number of thioether (sulfide) groups is 1. The Hall–Kier alpha value is -3.14. The zero-order valence-electron chi connectivity index (χ0n) is 19.0. The SMILES string of the molecule is CCn1c(SCC(=O)N(C)C(c2ccccc2)c2ccccc2)nc2cc(S(N)(=O)=O)ccc21. The van der Waals surface area contributed by atoms with Gasteiger partial charge in [0, 0.05) is 13.6 Å². The van der Waals surface area contributed by atoms with E-state index in [2.05, 4.69) is 4.98 Å². The number of aromatic nitrogens is 2. The van der Waals surface area contributed by atoms with Crippen molar-refractivity contribution in [3.8, 4) is 0 Å². The van der Waals surface area contributed by atoms with Crippen LogP contribution in [0.1, 0.15) is 24.1 Å². The van der Waals surface area contributed by atoms with Crippen molar-refractivity contribution in [1.29, 1.82) is 0 Å². The van der Waals surface area contributed by atoms with Crippen LogP contribution in [-0.4, -0.2) is 41.6 Å². The first kappa shape index (κ1) is 24.0. The van der Waals surface area contributed by atoms with Gasteiger partial charge in [0.15, 0.2) is 5.16 Å². The summed E-state index contributed by atoms with van der Waals surface area (Å²) in [5.74, 6) is 0.153. The molecule has 0 bridgehead atoms. The number of hydrogen-bond acceptors (Lipinski definition) is 5. The third-order valence-electron chi connectivity index (χ3n) is 5.67. The van der Waals surface area contributed by atoms with E-state index in [-0.39, 0.29) is 22.6 Å². The number of primary sulfonamides is 1. The van der Waals surface area contributed by atoms with Crippen LogP contribution >= 0.6 is 11.8 Å². The van der Waals surface area contributed by atoms with E-state index < -0.39 is 10.0 Å². The van der Waals surface area contributed by atoms with Crippen LogP contribution in [0.4, 0.5) is 0 Å². The molecule has 4 rings (SSSR count). The first-order chi connectivity index (χ1) is 16.3. The lowest BCUT2D eigenvalue weighted by atomic mass is 9.97. The highest BCUT2D eigenvalue weighted by molar-refractivity contribution is 7.99. The third kappa shape index (κ3) is 5.01. The molecule has 176 valence electrons. The Kier molecular flexibility index (Phi) is 7.06. The highest BCUT2D eigenvalue weighted by atomic mass is 32.2. The summed E-state index contributed by atoms with van der Waals surface area (Å²) in [6.45, 7) is 2.61. The van der Waals surface area contributed by atoms with Crippen LogP contribution in [0.2, 0.25) is 0 Å². The minimum atomic E-state index is -3.82. The number of benzene rings is 3. The molecule has 0 fully saturated rings. The topological polar surface area (TPSA) is 98.3 Å². The molecule has 3 aromatic carbocycles. The van der Waals surface area contributed by atoms with Crippen LogP contribution in [0.25, 0.3) is 11.0 Å². The van der Waals surface area contributed by atoms with Crippen molar-refractivity contribution < 1.29 is 13.2 Å². The number of hydrogen-bond donors (Lipinski definition) is 1. The average Bonchev–Trinajstić information content (AvgIpc) is 3.20. The molecule has 2 N–H and O–H groups in total. The lowest BCUT2D eigenvalue weighted by Gasteiger charge is -2.29. The smallest absolute Gasteiger partial charge is 0.238 e. The number of imidazole rings is 1. The van der Waals surface area contributed by atoms with Gasteiger partial charge in [-0.2, -0.15) is 0 Å². The van der Waals surface area contributed by atoms with Crippen molar-refractivity contribution in [3.05, 3.63) is 90.0 Å². The number of carbonyl (C=O) groups excluding carboxylic acids is 1. The van der Waals surface area contributed by atoms with Crippen molar-refractivity contribution >= 4 is 38.7 Å². The molecule has 0 saturated heterocycles. The van der Waals surface area contributed by atoms with Gasteiger partial charge in [0.05, 0.1) is 27.7 Å². The van der Waals surface area contributed by atoms with Crippen molar-refractivity contribution in [2.75, 3.05) is 12.8 Å². The Labute approximate surface area is 203 Å². The molecular weight excluding hydrogens is 468 g/mol. The highest BCUT2D eigenvalue weighted by Crippen LogP contribution is 2.30. The molecule has 0 atom stereocenters. The molecule has 0 saturated carbocycles. The van der Waals surface area contributed by atoms with Gasteiger partial charge in [-0.15, -0.1) is 0 Å². The van der Waals surface area contributed by atoms with Crippen LogP contribution in [0.3, 0.4) is 0 Å². The Morgan fingerprint density at radius 1 is 1.03 bits per heavy atom. The summed E-state index contributed by atoms with van der Waals surface area (Å²) >= 11 is 1.33. The van der Waals surface area contributed by atoms with Crippen LogP contribution in [-0.2, 0) is 21.4 Å². The van der Waals surface area contributed by atoms with E-state index >= 15 is 0 Å². The summed E-state index contributed by atoms with van der Waals surface area (Å²) in [5.41, 5.74) is 3.39. The number of rotatable bonds is 8. The summed E-state index contributed by atoms with van der Waals surface area (Å²) in [5, 5.41) is 5.92. The molecule has 7 nitrogen and oxygen atoms in total. The Balaban J connectivity index is 1.58. The van der Waals surface area contributed by atoms with Crippen LogP contribution in [0.5, 0.6) is 0 Å². The summed E-state index contributed by atoms with van der Waals surface area (Å²) in [7, 11) is -2.01. The Bertz CT molecular complexity index is 1360. The lowest BCUT2D eigenvalue weighted by molar-refractivity contribution is -0.128. The second kappa shape index (κ2) is 10.0. The zero-order valence-corrected chi connectivity index (χ0v) is 20.6. The highest BCUT2D eigenvalue weighted by Gasteiger charge is 2.24. The number of aryl methyl sites for hydroxylation is 1. The molecular formula is C25H26N4O3S2. The number of fused-ring (bicyclic) bond motifs is 1. The fourth-order valence-electron chi connectivity index (χ4n) is 3.96. The first-order valence-corrected chi connectivity index (χ1v) is 13.3. The standard InChI is InChI=1S/C25H26N4O3S2/c1-3-29-22-15-14-20(34(26,31)32)16-21(22)27-25(29)33-17-23(30)28(2)24(18-10-6-4-7-11-18)19-12-8-5-9-13-19/h4-16,24H,3,17H2,1-2H3,(H2,26,31,32). The largest absolute Gasteiger partial charge is 0.334 e. The fourth-order valence-corrected chi connectivity index (χ4v) is 5.50. The first-order valence-electron chi connectivity index (χ1n) is 10.8. The minimum Gasteiger partial charge on any atom is -0.334 e. The molecule has 9 heteroatoms. The maximum absolute atomic E-state index is 13.3. The van der Waals surface area contributed by atoms with Gasteiger partial charge >= 0.3 is 0 Å². The summed E-state index contributed by atoms with van der Waals surface area (Å²) in [6.07, 6.45) is 0. The van der Waals surface area contributed by atoms with Gasteiger partial charge in [-0.3, -0.25) is 4.79 Å². The van der Waals surface area contributed by atoms with E-state index in [0.717, 1.165) is 16.6 Å². The molecule has 1 aromatic heterocycles. The van der Waals surface area contributed by atoms with E-state index in [1.165, 1.54) is 23.9 Å². The predicted molar refractivity (Wildman–Crippen MR) is 135 cm³/mol.